The van der Waals surface area contributed by atoms with E-state index in [1.54, 1.807) is 19.1 Å². The Bertz CT molecular complexity index is 418. The molecule has 0 radical (unpaired) electrons. The fourth-order valence-electron chi connectivity index (χ4n) is 1.73. The molecule has 2 heterocycles. The topological polar surface area (TPSA) is 77.0 Å². The molecule has 92 valence electrons. The van der Waals surface area contributed by atoms with E-state index in [0.29, 0.717) is 11.5 Å². The highest BCUT2D eigenvalue weighted by atomic mass is 16.2. The predicted octanol–water partition coefficient (Wildman–Crippen LogP) is 1.21. The Labute approximate surface area is 99.5 Å². The van der Waals surface area contributed by atoms with E-state index in [-0.39, 0.29) is 5.91 Å². The summed E-state index contributed by atoms with van der Waals surface area (Å²) in [5.74, 6) is 0.295. The van der Waals surface area contributed by atoms with Crippen LogP contribution in [0.2, 0.25) is 0 Å². The first-order valence-electron chi connectivity index (χ1n) is 5.60. The number of carbonyl (C=O) groups is 1. The molecule has 0 aliphatic carbocycles. The highest BCUT2D eigenvalue weighted by molar-refractivity contribution is 5.96. The second-order valence-electron chi connectivity index (χ2n) is 4.14. The highest BCUT2D eigenvalue weighted by Crippen LogP contribution is 2.19. The van der Waals surface area contributed by atoms with Crippen LogP contribution < -0.4 is 0 Å². The van der Waals surface area contributed by atoms with Crippen LogP contribution in [0, 0.1) is 0 Å². The molecule has 1 amide bonds. The Morgan fingerprint density at radius 3 is 2.82 bits per heavy atom. The van der Waals surface area contributed by atoms with Crippen molar-refractivity contribution in [3.8, 4) is 0 Å². The summed E-state index contributed by atoms with van der Waals surface area (Å²) in [6.07, 6.45) is 3.59. The Kier molecular flexibility index (Phi) is 3.36. The van der Waals surface area contributed by atoms with Crippen LogP contribution in [0.3, 0.4) is 0 Å². The van der Waals surface area contributed by atoms with Crippen molar-refractivity contribution in [3.05, 3.63) is 12.0 Å². The third-order valence-electron chi connectivity index (χ3n) is 2.54. The van der Waals surface area contributed by atoms with Crippen molar-refractivity contribution in [2.45, 2.75) is 12.8 Å². The van der Waals surface area contributed by atoms with Crippen molar-refractivity contribution in [2.75, 3.05) is 27.2 Å². The van der Waals surface area contributed by atoms with Crippen LogP contribution in [0.15, 0.2) is 16.7 Å². The molecule has 7 nitrogen and oxygen atoms in total. The van der Waals surface area contributed by atoms with Gasteiger partial charge >= 0.3 is 0 Å². The minimum atomic E-state index is -0.0484. The van der Waals surface area contributed by atoms with Gasteiger partial charge in [0.1, 0.15) is 0 Å². The number of likely N-dealkylation sites (tertiary alicyclic amines) is 1. The molecule has 1 aliphatic rings. The molecule has 0 saturated carbocycles. The van der Waals surface area contributed by atoms with E-state index >= 15 is 0 Å². The van der Waals surface area contributed by atoms with Gasteiger partial charge in [-0.15, -0.1) is 5.11 Å². The molecule has 0 bridgehead atoms. The number of carbonyl (C=O) groups excluding carboxylic acids is 1. The molecule has 1 aliphatic heterocycles. The van der Waals surface area contributed by atoms with Crippen LogP contribution in [-0.2, 0) is 0 Å². The van der Waals surface area contributed by atoms with Gasteiger partial charge in [0.05, 0.1) is 6.33 Å². The molecule has 0 unspecified atom stereocenters. The van der Waals surface area contributed by atoms with E-state index in [0.717, 1.165) is 25.9 Å². The third kappa shape index (κ3) is 2.61. The molecule has 1 aromatic heterocycles. The lowest BCUT2D eigenvalue weighted by molar-refractivity contribution is 0.0788. The van der Waals surface area contributed by atoms with Crippen molar-refractivity contribution in [3.63, 3.8) is 0 Å². The Balaban J connectivity index is 2.15. The van der Waals surface area contributed by atoms with E-state index in [4.69, 9.17) is 0 Å². The first-order chi connectivity index (χ1) is 8.18. The fourth-order valence-corrected chi connectivity index (χ4v) is 1.73. The molecule has 1 fully saturated rings. The summed E-state index contributed by atoms with van der Waals surface area (Å²) in [7, 11) is 3.52. The normalized spacial score (nSPS) is 15.8. The average Bonchev–Trinajstić information content (AvgIpc) is 2.96. The number of aromatic amines is 1. The molecular weight excluding hydrogens is 220 g/mol. The van der Waals surface area contributed by atoms with Gasteiger partial charge in [0, 0.05) is 27.2 Å². The van der Waals surface area contributed by atoms with Gasteiger partial charge in [-0.05, 0) is 12.8 Å². The molecule has 1 aromatic rings. The van der Waals surface area contributed by atoms with Gasteiger partial charge in [0.15, 0.2) is 5.69 Å². The number of hydrogen-bond acceptors (Lipinski definition) is 4. The van der Waals surface area contributed by atoms with Gasteiger partial charge in [-0.2, -0.15) is 0 Å². The molecule has 0 spiro atoms. The van der Waals surface area contributed by atoms with Gasteiger partial charge in [-0.3, -0.25) is 9.80 Å². The summed E-state index contributed by atoms with van der Waals surface area (Å²) in [6, 6.07) is 0. The number of nitrogens with zero attached hydrogens (tertiary/aromatic N) is 5. The lowest BCUT2D eigenvalue weighted by Gasteiger charge is -2.13. The first kappa shape index (κ1) is 11.6. The average molecular weight is 236 g/mol. The molecule has 0 aromatic carbocycles. The number of amides is 1. The quantitative estimate of drug-likeness (QED) is 0.633. The van der Waals surface area contributed by atoms with Crippen LogP contribution in [0.25, 0.3) is 0 Å². The molecule has 1 saturated heterocycles. The van der Waals surface area contributed by atoms with Crippen LogP contribution >= 0.6 is 0 Å². The summed E-state index contributed by atoms with van der Waals surface area (Å²) < 4.78 is 0. The summed E-state index contributed by atoms with van der Waals surface area (Å²) in [5, 5.41) is 9.32. The van der Waals surface area contributed by atoms with E-state index in [9.17, 15) is 4.79 Å². The maximum absolute atomic E-state index is 12.1. The number of aromatic nitrogens is 2. The Morgan fingerprint density at radius 1 is 1.47 bits per heavy atom. The van der Waals surface area contributed by atoms with Crippen molar-refractivity contribution >= 4 is 11.7 Å². The molecule has 2 rings (SSSR count). The Hall–Kier alpha value is -1.92. The predicted molar refractivity (Wildman–Crippen MR) is 61.9 cm³/mol. The largest absolute Gasteiger partial charge is 0.339 e. The van der Waals surface area contributed by atoms with Gasteiger partial charge < -0.3 is 9.88 Å². The second-order valence-corrected chi connectivity index (χ2v) is 4.14. The van der Waals surface area contributed by atoms with Crippen molar-refractivity contribution < 1.29 is 4.79 Å². The lowest BCUT2D eigenvalue weighted by Crippen LogP contribution is -2.27. The Morgan fingerprint density at radius 2 is 2.18 bits per heavy atom. The van der Waals surface area contributed by atoms with E-state index < -0.39 is 0 Å². The third-order valence-corrected chi connectivity index (χ3v) is 2.54. The zero-order valence-electron chi connectivity index (χ0n) is 10.1. The lowest BCUT2D eigenvalue weighted by atomic mass is 10.4. The van der Waals surface area contributed by atoms with Crippen LogP contribution in [0.1, 0.15) is 23.3 Å². The van der Waals surface area contributed by atoms with Gasteiger partial charge in [-0.25, -0.2) is 4.98 Å². The summed E-state index contributed by atoms with van der Waals surface area (Å²) in [5.41, 5.74) is 0.414. The number of imidazole rings is 1. The summed E-state index contributed by atoms with van der Waals surface area (Å²) >= 11 is 0. The van der Waals surface area contributed by atoms with Gasteiger partial charge in [0.25, 0.3) is 5.91 Å². The number of nitrogens with one attached hydrogen (secondary N) is 1. The maximum atomic E-state index is 12.1. The molecule has 1 N–H and O–H groups in total. The minimum Gasteiger partial charge on any atom is -0.339 e. The van der Waals surface area contributed by atoms with Crippen molar-refractivity contribution in [1.82, 2.24) is 19.9 Å². The van der Waals surface area contributed by atoms with E-state index in [2.05, 4.69) is 20.3 Å². The van der Waals surface area contributed by atoms with E-state index in [1.807, 2.05) is 4.90 Å². The zero-order valence-corrected chi connectivity index (χ0v) is 10.1. The minimum absolute atomic E-state index is 0.0484. The van der Waals surface area contributed by atoms with Gasteiger partial charge in [-0.1, -0.05) is 5.22 Å². The number of hydrogen-bond donors (Lipinski definition) is 1. The van der Waals surface area contributed by atoms with Crippen molar-refractivity contribution in [2.24, 2.45) is 10.3 Å². The van der Waals surface area contributed by atoms with Crippen molar-refractivity contribution in [1.29, 1.82) is 0 Å². The number of rotatable bonds is 3. The summed E-state index contributed by atoms with van der Waals surface area (Å²) in [6.45, 7) is 1.62. The standard InChI is InChI=1S/C10H16N6O/c1-15(2)14-13-9-8(11-7-12-9)10(17)16-5-3-4-6-16/h7H,3-6H2,1-2H3,(H,11,12)/b14-13-. The smallest absolute Gasteiger partial charge is 0.274 e. The fraction of sp³-hybridized carbons (Fsp3) is 0.600. The zero-order chi connectivity index (χ0) is 12.3. The first-order valence-corrected chi connectivity index (χ1v) is 5.60. The van der Waals surface area contributed by atoms with Crippen LogP contribution in [-0.4, -0.2) is 53.0 Å². The highest BCUT2D eigenvalue weighted by Gasteiger charge is 2.23. The molecule has 17 heavy (non-hydrogen) atoms. The maximum Gasteiger partial charge on any atom is 0.274 e. The molecule has 0 atom stereocenters. The SMILES string of the molecule is CN(C)/N=N\c1nc[nH]c1C(=O)N1CCCC1. The monoisotopic (exact) mass is 236 g/mol. The van der Waals surface area contributed by atoms with E-state index in [1.165, 1.54) is 6.33 Å². The van der Waals surface area contributed by atoms with Crippen LogP contribution in [0.4, 0.5) is 5.82 Å². The molecule has 7 heteroatoms. The molecular formula is C10H16N6O. The van der Waals surface area contributed by atoms with Gasteiger partial charge in [0.2, 0.25) is 5.82 Å². The number of H-pyrrole nitrogens is 1. The van der Waals surface area contributed by atoms with Crippen LogP contribution in [0.5, 0.6) is 0 Å². The second kappa shape index (κ2) is 4.94. The summed E-state index contributed by atoms with van der Waals surface area (Å²) in [4.78, 5) is 20.7.